The number of methoxy groups -OCH3 is 1. The van der Waals surface area contributed by atoms with Crippen LogP contribution in [0.1, 0.15) is 67.6 Å². The number of aromatic nitrogens is 5. The van der Waals surface area contributed by atoms with E-state index < -0.39 is 54.3 Å². The van der Waals surface area contributed by atoms with Crippen molar-refractivity contribution in [1.82, 2.24) is 25.2 Å². The molecule has 0 bridgehead atoms. The third kappa shape index (κ3) is 6.77. The average Bonchev–Trinajstić information content (AvgIpc) is 3.34. The number of carbonyl (C=O) groups excluding carboxylic acids is 1. The highest BCUT2D eigenvalue weighted by Gasteiger charge is 2.42. The highest BCUT2D eigenvalue weighted by molar-refractivity contribution is 5.90. The highest BCUT2D eigenvalue weighted by Crippen LogP contribution is 2.45. The SMILES string of the molecule is CC[C@@H]1C[C@H](N(Cc2cc(C(F)(F)F)cc(C(F)(F)F)c2)c2nnn(C)n2)c2nc(OC)c(C)cc2N1C(=O)OC(C)C. The van der Waals surface area contributed by atoms with Crippen LogP contribution in [0.3, 0.4) is 0 Å². The fraction of sp³-hybridized carbons (Fsp3) is 0.519. The highest BCUT2D eigenvalue weighted by atomic mass is 19.4. The lowest BCUT2D eigenvalue weighted by atomic mass is 9.91. The summed E-state index contributed by atoms with van der Waals surface area (Å²) in [5.41, 5.74) is -1.94. The summed E-state index contributed by atoms with van der Waals surface area (Å²) in [5.74, 6) is 0.167. The minimum absolute atomic E-state index is 0.0566. The number of amides is 1. The first-order valence-electron chi connectivity index (χ1n) is 13.4. The number of tetrazole rings is 1. The molecule has 10 nitrogen and oxygen atoms in total. The zero-order chi connectivity index (χ0) is 31.9. The number of ether oxygens (including phenoxy) is 2. The van der Waals surface area contributed by atoms with Crippen molar-refractivity contribution in [3.05, 3.63) is 52.2 Å². The van der Waals surface area contributed by atoms with Crippen molar-refractivity contribution >= 4 is 17.7 Å². The van der Waals surface area contributed by atoms with Gasteiger partial charge in [-0.15, -0.1) is 5.10 Å². The van der Waals surface area contributed by atoms with Crippen molar-refractivity contribution in [2.24, 2.45) is 7.05 Å². The Morgan fingerprint density at radius 1 is 1.09 bits per heavy atom. The summed E-state index contributed by atoms with van der Waals surface area (Å²) >= 11 is 0. The van der Waals surface area contributed by atoms with Gasteiger partial charge in [0.05, 0.1) is 48.8 Å². The minimum Gasteiger partial charge on any atom is -0.481 e. The van der Waals surface area contributed by atoms with E-state index in [9.17, 15) is 31.1 Å². The molecule has 0 spiro atoms. The molecule has 1 aliphatic heterocycles. The Bertz CT molecular complexity index is 1440. The monoisotopic (exact) mass is 615 g/mol. The zero-order valence-corrected chi connectivity index (χ0v) is 24.3. The van der Waals surface area contributed by atoms with Crippen molar-refractivity contribution in [1.29, 1.82) is 0 Å². The average molecular weight is 616 g/mol. The molecule has 234 valence electrons. The van der Waals surface area contributed by atoms with Crippen molar-refractivity contribution < 1.29 is 40.6 Å². The van der Waals surface area contributed by atoms with Gasteiger partial charge in [-0.25, -0.2) is 9.78 Å². The molecular weight excluding hydrogens is 584 g/mol. The Kier molecular flexibility index (Phi) is 8.79. The molecule has 1 aliphatic rings. The van der Waals surface area contributed by atoms with Crippen LogP contribution in [0.15, 0.2) is 24.3 Å². The Balaban J connectivity index is 1.92. The number of anilines is 2. The molecule has 3 aromatic rings. The topological polar surface area (TPSA) is 98.5 Å². The van der Waals surface area contributed by atoms with Crippen LogP contribution in [-0.2, 0) is 30.7 Å². The predicted octanol–water partition coefficient (Wildman–Crippen LogP) is 6.24. The molecule has 2 aromatic heterocycles. The Morgan fingerprint density at radius 2 is 1.72 bits per heavy atom. The second kappa shape index (κ2) is 11.9. The molecule has 2 atom stereocenters. The lowest BCUT2D eigenvalue weighted by Gasteiger charge is -2.43. The van der Waals surface area contributed by atoms with Crippen LogP contribution < -0.4 is 14.5 Å². The molecule has 0 aliphatic carbocycles. The molecule has 0 saturated heterocycles. The maximum Gasteiger partial charge on any atom is 0.416 e. The van der Waals surface area contributed by atoms with Gasteiger partial charge in [-0.1, -0.05) is 12.0 Å². The van der Waals surface area contributed by atoms with Gasteiger partial charge in [0.15, 0.2) is 0 Å². The molecule has 4 rings (SSSR count). The number of alkyl halides is 6. The number of fused-ring (bicyclic) bond motifs is 1. The van der Waals surface area contributed by atoms with Crippen LogP contribution in [0.5, 0.6) is 5.88 Å². The molecule has 3 heterocycles. The summed E-state index contributed by atoms with van der Waals surface area (Å²) in [6.07, 6.45) is -10.5. The fourth-order valence-corrected chi connectivity index (χ4v) is 5.06. The molecule has 0 unspecified atom stereocenters. The van der Waals surface area contributed by atoms with Crippen LogP contribution in [0.25, 0.3) is 0 Å². The van der Waals surface area contributed by atoms with E-state index in [-0.39, 0.29) is 35.6 Å². The van der Waals surface area contributed by atoms with Crippen molar-refractivity contribution in [2.75, 3.05) is 16.9 Å². The maximum absolute atomic E-state index is 13.7. The van der Waals surface area contributed by atoms with Crippen LogP contribution >= 0.6 is 0 Å². The number of pyridine rings is 1. The number of hydrogen-bond donors (Lipinski definition) is 0. The summed E-state index contributed by atoms with van der Waals surface area (Å²) in [6, 6.07) is 1.79. The van der Waals surface area contributed by atoms with Crippen LogP contribution in [0.4, 0.5) is 42.8 Å². The first-order chi connectivity index (χ1) is 20.0. The molecule has 0 radical (unpaired) electrons. The van der Waals surface area contributed by atoms with Crippen LogP contribution in [0.2, 0.25) is 0 Å². The Morgan fingerprint density at radius 3 is 2.21 bits per heavy atom. The predicted molar refractivity (Wildman–Crippen MR) is 142 cm³/mol. The second-order valence-corrected chi connectivity index (χ2v) is 10.5. The number of benzene rings is 1. The molecule has 0 fully saturated rings. The number of carbonyl (C=O) groups is 1. The summed E-state index contributed by atoms with van der Waals surface area (Å²) in [5, 5.41) is 12.1. The summed E-state index contributed by atoms with van der Waals surface area (Å²) < 4.78 is 93.1. The van der Waals surface area contributed by atoms with Gasteiger partial charge in [0.2, 0.25) is 5.88 Å². The van der Waals surface area contributed by atoms with Crippen LogP contribution in [-0.4, -0.2) is 50.5 Å². The molecular formula is C27H31F6N7O3. The van der Waals surface area contributed by atoms with Gasteiger partial charge in [-0.05, 0) is 68.7 Å². The molecule has 1 aromatic carbocycles. The first kappa shape index (κ1) is 31.8. The van der Waals surface area contributed by atoms with Gasteiger partial charge >= 0.3 is 18.4 Å². The summed E-state index contributed by atoms with van der Waals surface area (Å²) in [4.78, 5) is 22.0. The number of halogens is 6. The van der Waals surface area contributed by atoms with E-state index >= 15 is 0 Å². The van der Waals surface area contributed by atoms with Gasteiger partial charge in [-0.3, -0.25) is 4.90 Å². The van der Waals surface area contributed by atoms with Gasteiger partial charge in [0.1, 0.15) is 0 Å². The van der Waals surface area contributed by atoms with Crippen LogP contribution in [0, 0.1) is 6.92 Å². The quantitative estimate of drug-likeness (QED) is 0.288. The van der Waals surface area contributed by atoms with Crippen molar-refractivity contribution in [3.8, 4) is 5.88 Å². The van der Waals surface area contributed by atoms with E-state index in [1.54, 1.807) is 26.8 Å². The Hall–Kier alpha value is -4.11. The van der Waals surface area contributed by atoms with Gasteiger partial charge in [-0.2, -0.15) is 31.1 Å². The third-order valence-corrected chi connectivity index (χ3v) is 6.94. The largest absolute Gasteiger partial charge is 0.481 e. The maximum atomic E-state index is 13.7. The van der Waals surface area contributed by atoms with Crippen molar-refractivity contribution in [2.45, 2.75) is 77.6 Å². The first-order valence-corrected chi connectivity index (χ1v) is 13.4. The van der Waals surface area contributed by atoms with E-state index in [4.69, 9.17) is 9.47 Å². The lowest BCUT2D eigenvalue weighted by Crippen LogP contribution is -2.49. The summed E-state index contributed by atoms with van der Waals surface area (Å²) in [7, 11) is 2.88. The normalized spacial score (nSPS) is 17.2. The van der Waals surface area contributed by atoms with Gasteiger partial charge < -0.3 is 14.4 Å². The van der Waals surface area contributed by atoms with E-state index in [1.807, 2.05) is 6.92 Å². The fourth-order valence-electron chi connectivity index (χ4n) is 5.06. The smallest absolute Gasteiger partial charge is 0.416 e. The van der Waals surface area contributed by atoms with E-state index in [2.05, 4.69) is 20.4 Å². The minimum atomic E-state index is -5.03. The zero-order valence-electron chi connectivity index (χ0n) is 24.3. The van der Waals surface area contributed by atoms with Gasteiger partial charge in [0, 0.05) is 18.2 Å². The number of hydrogen-bond acceptors (Lipinski definition) is 8. The second-order valence-electron chi connectivity index (χ2n) is 10.5. The molecule has 43 heavy (non-hydrogen) atoms. The Labute approximate surface area is 243 Å². The molecule has 16 heteroatoms. The number of rotatable bonds is 7. The molecule has 1 amide bonds. The summed E-state index contributed by atoms with van der Waals surface area (Å²) in [6.45, 7) is 6.52. The molecule has 0 N–H and O–H groups in total. The molecule has 0 saturated carbocycles. The number of nitrogens with zero attached hydrogens (tertiary/aromatic N) is 7. The lowest BCUT2D eigenvalue weighted by molar-refractivity contribution is -0.143. The number of aryl methyl sites for hydroxylation is 2. The standard InChI is InChI=1S/C27H31F6N7O3/c1-7-19-12-20(22-21(8-15(4)23(34-22)42-6)40(19)25(41)43-14(2)3)39(24-35-37-38(5)36-24)13-16-9-17(26(28,29)30)11-18(10-16)27(31,32)33/h8-11,14,19-20H,7,12-13H2,1-6H3/t19-,20+/m1/s1. The van der Waals surface area contributed by atoms with E-state index in [0.717, 1.165) is 4.80 Å². The van der Waals surface area contributed by atoms with E-state index in [1.165, 1.54) is 24.0 Å². The third-order valence-electron chi connectivity index (χ3n) is 6.94. The van der Waals surface area contributed by atoms with E-state index in [0.29, 0.717) is 29.8 Å². The van der Waals surface area contributed by atoms with Crippen molar-refractivity contribution in [3.63, 3.8) is 0 Å². The van der Waals surface area contributed by atoms with Gasteiger partial charge in [0.25, 0.3) is 5.95 Å².